The number of carbonyl (C=O) groups is 1. The second-order valence-electron chi connectivity index (χ2n) is 6.96. The molecule has 1 saturated heterocycles. The van der Waals surface area contributed by atoms with E-state index >= 15 is 0 Å². The lowest BCUT2D eigenvalue weighted by Crippen LogP contribution is -2.35. The molecule has 1 fully saturated rings. The Hall–Kier alpha value is -2.74. The summed E-state index contributed by atoms with van der Waals surface area (Å²) in [7, 11) is 0. The monoisotopic (exact) mass is 423 g/mol. The average Bonchev–Trinajstić information content (AvgIpc) is 3.17. The maximum absolute atomic E-state index is 12.8. The van der Waals surface area contributed by atoms with Gasteiger partial charge in [-0.3, -0.25) is 15.0 Å². The third-order valence-electron chi connectivity index (χ3n) is 4.84. The Bertz CT molecular complexity index is 984. The van der Waals surface area contributed by atoms with Crippen LogP contribution in [0.2, 0.25) is 0 Å². The van der Waals surface area contributed by atoms with Crippen molar-refractivity contribution in [1.29, 1.82) is 0 Å². The highest BCUT2D eigenvalue weighted by Crippen LogP contribution is 2.32. The summed E-state index contributed by atoms with van der Waals surface area (Å²) < 4.78 is 11.0. The molecule has 4 rings (SSSR count). The number of anilines is 1. The number of amides is 1. The summed E-state index contributed by atoms with van der Waals surface area (Å²) in [5, 5.41) is 3.57. The van der Waals surface area contributed by atoms with Gasteiger partial charge in [-0.2, -0.15) is 0 Å². The Morgan fingerprint density at radius 1 is 1.17 bits per heavy atom. The molecule has 0 unspecified atom stereocenters. The highest BCUT2D eigenvalue weighted by molar-refractivity contribution is 7.16. The normalized spacial score (nSPS) is 14.4. The van der Waals surface area contributed by atoms with E-state index in [1.807, 2.05) is 37.3 Å². The van der Waals surface area contributed by atoms with E-state index in [-0.39, 0.29) is 5.91 Å². The fourth-order valence-electron chi connectivity index (χ4n) is 3.36. The van der Waals surface area contributed by atoms with Crippen LogP contribution in [0.4, 0.5) is 5.13 Å². The summed E-state index contributed by atoms with van der Waals surface area (Å²) in [5.41, 5.74) is 2.52. The summed E-state index contributed by atoms with van der Waals surface area (Å²) in [6.45, 7) is 6.57. The van der Waals surface area contributed by atoms with E-state index < -0.39 is 0 Å². The summed E-state index contributed by atoms with van der Waals surface area (Å²) in [6, 6.07) is 17.3. The van der Waals surface area contributed by atoms with Crippen molar-refractivity contribution in [1.82, 2.24) is 9.88 Å². The largest absolute Gasteiger partial charge is 0.494 e. The van der Waals surface area contributed by atoms with Crippen molar-refractivity contribution < 1.29 is 14.3 Å². The Balaban J connectivity index is 1.57. The molecule has 0 spiro atoms. The number of hydrogen-bond donors (Lipinski definition) is 1. The first-order chi connectivity index (χ1) is 14.7. The van der Waals surface area contributed by atoms with Gasteiger partial charge in [0.15, 0.2) is 5.13 Å². The predicted octanol–water partition coefficient (Wildman–Crippen LogP) is 4.29. The van der Waals surface area contributed by atoms with Crippen molar-refractivity contribution in [3.05, 3.63) is 65.0 Å². The van der Waals surface area contributed by atoms with Gasteiger partial charge in [-0.15, -0.1) is 0 Å². The Kier molecular flexibility index (Phi) is 6.74. The van der Waals surface area contributed by atoms with Crippen LogP contribution in [0.5, 0.6) is 5.75 Å². The van der Waals surface area contributed by atoms with Crippen molar-refractivity contribution in [3.8, 4) is 17.0 Å². The highest BCUT2D eigenvalue weighted by atomic mass is 32.1. The van der Waals surface area contributed by atoms with E-state index in [2.05, 4.69) is 22.3 Å². The Morgan fingerprint density at radius 3 is 2.73 bits per heavy atom. The zero-order chi connectivity index (χ0) is 20.8. The number of aromatic nitrogens is 1. The van der Waals surface area contributed by atoms with E-state index in [0.717, 1.165) is 49.0 Å². The minimum absolute atomic E-state index is 0.192. The maximum atomic E-state index is 12.8. The predicted molar refractivity (Wildman–Crippen MR) is 119 cm³/mol. The summed E-state index contributed by atoms with van der Waals surface area (Å²) >= 11 is 1.53. The first-order valence-electron chi connectivity index (χ1n) is 10.1. The number of rotatable bonds is 7. The number of thiazole rings is 1. The van der Waals surface area contributed by atoms with Crippen LogP contribution >= 0.6 is 11.3 Å². The lowest BCUT2D eigenvalue weighted by Gasteiger charge is -2.26. The molecular weight excluding hydrogens is 398 g/mol. The Labute approximate surface area is 180 Å². The van der Waals surface area contributed by atoms with Crippen LogP contribution in [0.15, 0.2) is 54.6 Å². The van der Waals surface area contributed by atoms with Gasteiger partial charge in [0, 0.05) is 35.6 Å². The van der Waals surface area contributed by atoms with Crippen LogP contribution < -0.4 is 10.1 Å². The highest BCUT2D eigenvalue weighted by Gasteiger charge is 2.19. The minimum Gasteiger partial charge on any atom is -0.494 e. The molecule has 7 heteroatoms. The lowest BCUT2D eigenvalue weighted by molar-refractivity contribution is 0.0347. The maximum Gasteiger partial charge on any atom is 0.257 e. The number of ether oxygens (including phenoxy) is 2. The van der Waals surface area contributed by atoms with Gasteiger partial charge in [0.25, 0.3) is 5.91 Å². The molecule has 0 atom stereocenters. The van der Waals surface area contributed by atoms with Crippen LogP contribution in [0, 0.1) is 0 Å². The number of nitrogens with zero attached hydrogens (tertiary/aromatic N) is 2. The molecule has 156 valence electrons. The molecule has 3 aromatic rings. The third kappa shape index (κ3) is 5.05. The van der Waals surface area contributed by atoms with Crippen molar-refractivity contribution >= 4 is 22.4 Å². The summed E-state index contributed by atoms with van der Waals surface area (Å²) in [4.78, 5) is 21.1. The third-order valence-corrected chi connectivity index (χ3v) is 5.80. The lowest BCUT2D eigenvalue weighted by atomic mass is 10.1. The van der Waals surface area contributed by atoms with Crippen molar-refractivity contribution in [2.24, 2.45) is 0 Å². The van der Waals surface area contributed by atoms with Crippen molar-refractivity contribution in [2.75, 3.05) is 38.2 Å². The first kappa shape index (κ1) is 20.5. The molecule has 2 aromatic carbocycles. The van der Waals surface area contributed by atoms with Crippen LogP contribution in [0.25, 0.3) is 11.3 Å². The molecule has 1 N–H and O–H groups in total. The number of carbonyl (C=O) groups excluding carboxylic acids is 1. The van der Waals surface area contributed by atoms with E-state index in [9.17, 15) is 4.79 Å². The van der Waals surface area contributed by atoms with Gasteiger partial charge >= 0.3 is 0 Å². The molecule has 0 saturated carbocycles. The van der Waals surface area contributed by atoms with Gasteiger partial charge < -0.3 is 9.47 Å². The van der Waals surface area contributed by atoms with Crippen molar-refractivity contribution in [3.63, 3.8) is 0 Å². The van der Waals surface area contributed by atoms with E-state index in [4.69, 9.17) is 14.5 Å². The standard InChI is InChI=1S/C23H25N3O3S/c1-2-29-19-10-6-9-18(15-19)22(27)25-23-24-21(17-7-4-3-5-8-17)20(30-23)16-26-11-13-28-14-12-26/h3-10,15H,2,11-14,16H2,1H3,(H,24,25,27). The average molecular weight is 424 g/mol. The SMILES string of the molecule is CCOc1cccc(C(=O)Nc2nc(-c3ccccc3)c(CN3CCOCC3)s2)c1. The van der Waals surface area contributed by atoms with E-state index in [1.54, 1.807) is 12.1 Å². The molecule has 0 radical (unpaired) electrons. The molecule has 30 heavy (non-hydrogen) atoms. The molecule has 6 nitrogen and oxygen atoms in total. The summed E-state index contributed by atoms with van der Waals surface area (Å²) in [5.74, 6) is 0.491. The smallest absolute Gasteiger partial charge is 0.257 e. The number of morpholine rings is 1. The fraction of sp³-hybridized carbons (Fsp3) is 0.304. The quantitative estimate of drug-likeness (QED) is 0.614. The molecule has 1 amide bonds. The van der Waals surface area contributed by atoms with E-state index in [0.29, 0.717) is 23.1 Å². The number of benzene rings is 2. The fourth-order valence-corrected chi connectivity index (χ4v) is 4.38. The second kappa shape index (κ2) is 9.84. The van der Waals surface area contributed by atoms with E-state index in [1.165, 1.54) is 11.3 Å². The minimum atomic E-state index is -0.192. The zero-order valence-electron chi connectivity index (χ0n) is 17.0. The molecular formula is C23H25N3O3S. The van der Waals surface area contributed by atoms with Gasteiger partial charge in [-0.25, -0.2) is 4.98 Å². The second-order valence-corrected chi connectivity index (χ2v) is 8.04. The molecule has 0 bridgehead atoms. The summed E-state index contributed by atoms with van der Waals surface area (Å²) in [6.07, 6.45) is 0. The van der Waals surface area contributed by atoms with Gasteiger partial charge in [0.05, 0.1) is 25.5 Å². The topological polar surface area (TPSA) is 63.7 Å². The van der Waals surface area contributed by atoms with Crippen LogP contribution in [-0.2, 0) is 11.3 Å². The number of hydrogen-bond acceptors (Lipinski definition) is 6. The van der Waals surface area contributed by atoms with Crippen molar-refractivity contribution in [2.45, 2.75) is 13.5 Å². The molecule has 1 aliphatic rings. The van der Waals surface area contributed by atoms with Crippen LogP contribution in [0.3, 0.4) is 0 Å². The molecule has 1 aromatic heterocycles. The Morgan fingerprint density at radius 2 is 1.97 bits per heavy atom. The molecule has 2 heterocycles. The first-order valence-corrected chi connectivity index (χ1v) is 10.9. The van der Waals surface area contributed by atoms with Gasteiger partial charge in [0.2, 0.25) is 0 Å². The zero-order valence-corrected chi connectivity index (χ0v) is 17.8. The number of nitrogens with one attached hydrogen (secondary N) is 1. The van der Waals surface area contributed by atoms with Crippen LogP contribution in [-0.4, -0.2) is 48.7 Å². The van der Waals surface area contributed by atoms with Gasteiger partial charge in [0.1, 0.15) is 5.75 Å². The van der Waals surface area contributed by atoms with Gasteiger partial charge in [-0.05, 0) is 25.1 Å². The molecule has 1 aliphatic heterocycles. The van der Waals surface area contributed by atoms with Crippen LogP contribution in [0.1, 0.15) is 22.2 Å². The molecule has 0 aliphatic carbocycles. The van der Waals surface area contributed by atoms with Gasteiger partial charge in [-0.1, -0.05) is 47.7 Å².